The van der Waals surface area contributed by atoms with E-state index in [1.807, 2.05) is 0 Å². The Balaban J connectivity index is 2.04. The van der Waals surface area contributed by atoms with E-state index in [2.05, 4.69) is 4.72 Å². The summed E-state index contributed by atoms with van der Waals surface area (Å²) < 4.78 is 38.3. The smallest absolute Gasteiger partial charge is 0.342 e. The molecule has 0 radical (unpaired) electrons. The van der Waals surface area contributed by atoms with Gasteiger partial charge in [-0.3, -0.25) is 14.8 Å². The molecule has 0 saturated heterocycles. The largest absolute Gasteiger partial charge is 0.462 e. The molecule has 0 amide bonds. The number of carbonyl (C=O) groups excluding carboxylic acids is 1. The highest BCUT2D eigenvalue weighted by molar-refractivity contribution is 7.92. The molecule has 0 spiro atoms. The third-order valence-electron chi connectivity index (χ3n) is 4.01. The topological polar surface area (TPSA) is 129 Å². The number of furan rings is 1. The summed E-state index contributed by atoms with van der Waals surface area (Å²) in [6.45, 7) is 3.43. The number of fused-ring (bicyclic) bond motifs is 1. The van der Waals surface area contributed by atoms with Gasteiger partial charge in [0.1, 0.15) is 21.8 Å². The number of hydrogen-bond donors (Lipinski definition) is 1. The van der Waals surface area contributed by atoms with Crippen LogP contribution in [0.3, 0.4) is 0 Å². The molecule has 0 aliphatic heterocycles. The number of nitrogens with one attached hydrogen (secondary N) is 1. The van der Waals surface area contributed by atoms with Gasteiger partial charge in [-0.05, 0) is 38.1 Å². The number of carbonyl (C=O) groups is 1. The van der Waals surface area contributed by atoms with Crippen molar-refractivity contribution in [3.8, 4) is 0 Å². The first-order valence-electron chi connectivity index (χ1n) is 8.31. The van der Waals surface area contributed by atoms with Crippen LogP contribution in [0.1, 0.15) is 23.0 Å². The van der Waals surface area contributed by atoms with Crippen LogP contribution < -0.4 is 4.72 Å². The maximum atomic E-state index is 12.7. The van der Waals surface area contributed by atoms with E-state index < -0.39 is 31.5 Å². The van der Waals surface area contributed by atoms with Crippen LogP contribution in [0.2, 0.25) is 5.02 Å². The number of benzene rings is 2. The lowest BCUT2D eigenvalue weighted by Gasteiger charge is -2.10. The van der Waals surface area contributed by atoms with Gasteiger partial charge in [-0.2, -0.15) is 0 Å². The number of anilines is 1. The molecule has 9 nitrogen and oxygen atoms in total. The SMILES string of the molecule is CCOC(=O)c1c(C)oc2ccc(NS(=O)(=O)c3cc([N+](=O)[O-])ccc3Cl)cc12. The van der Waals surface area contributed by atoms with E-state index in [9.17, 15) is 23.3 Å². The van der Waals surface area contributed by atoms with Gasteiger partial charge in [0, 0.05) is 23.2 Å². The fourth-order valence-corrected chi connectivity index (χ4v) is 4.33. The molecule has 0 aliphatic rings. The summed E-state index contributed by atoms with van der Waals surface area (Å²) in [6, 6.07) is 7.46. The summed E-state index contributed by atoms with van der Waals surface area (Å²) in [5.41, 5.74) is 0.268. The zero-order valence-corrected chi connectivity index (χ0v) is 16.8. The van der Waals surface area contributed by atoms with Crippen LogP contribution in [-0.2, 0) is 14.8 Å². The van der Waals surface area contributed by atoms with Crippen molar-refractivity contribution in [1.82, 2.24) is 0 Å². The minimum absolute atomic E-state index is 0.117. The number of nitrogens with zero attached hydrogens (tertiary/aromatic N) is 1. The van der Waals surface area contributed by atoms with Crippen LogP contribution >= 0.6 is 11.6 Å². The Morgan fingerprint density at radius 3 is 2.66 bits per heavy atom. The number of sulfonamides is 1. The maximum absolute atomic E-state index is 12.7. The highest BCUT2D eigenvalue weighted by atomic mass is 35.5. The van der Waals surface area contributed by atoms with Gasteiger partial charge < -0.3 is 9.15 Å². The fourth-order valence-electron chi connectivity index (χ4n) is 2.76. The van der Waals surface area contributed by atoms with Gasteiger partial charge in [0.25, 0.3) is 15.7 Å². The number of nitro groups is 1. The van der Waals surface area contributed by atoms with E-state index in [0.29, 0.717) is 16.7 Å². The molecule has 0 bridgehead atoms. The number of halogens is 1. The van der Waals surface area contributed by atoms with E-state index in [0.717, 1.165) is 18.2 Å². The molecule has 0 aliphatic carbocycles. The molecule has 3 rings (SSSR count). The Morgan fingerprint density at radius 1 is 1.28 bits per heavy atom. The third-order valence-corrected chi connectivity index (χ3v) is 5.87. The molecule has 11 heteroatoms. The van der Waals surface area contributed by atoms with E-state index in [4.69, 9.17) is 20.8 Å². The van der Waals surface area contributed by atoms with Gasteiger partial charge in [0.05, 0.1) is 16.6 Å². The van der Waals surface area contributed by atoms with Crippen LogP contribution in [0.5, 0.6) is 0 Å². The van der Waals surface area contributed by atoms with Crippen molar-refractivity contribution < 1.29 is 27.3 Å². The number of aryl methyl sites for hydroxylation is 1. The monoisotopic (exact) mass is 438 g/mol. The van der Waals surface area contributed by atoms with Gasteiger partial charge in [0.2, 0.25) is 0 Å². The summed E-state index contributed by atoms with van der Waals surface area (Å²) in [5, 5.41) is 11.1. The lowest BCUT2D eigenvalue weighted by molar-refractivity contribution is -0.385. The summed E-state index contributed by atoms with van der Waals surface area (Å²) in [7, 11) is -4.24. The fraction of sp³-hybridized carbons (Fsp3) is 0.167. The Kier molecular flexibility index (Phi) is 5.49. The molecule has 1 heterocycles. The number of hydrogen-bond acceptors (Lipinski definition) is 7. The van der Waals surface area contributed by atoms with Crippen molar-refractivity contribution in [2.24, 2.45) is 0 Å². The minimum Gasteiger partial charge on any atom is -0.462 e. The molecular formula is C18H15ClN2O7S. The van der Waals surface area contributed by atoms with Crippen molar-refractivity contribution in [3.63, 3.8) is 0 Å². The van der Waals surface area contributed by atoms with E-state index in [1.165, 1.54) is 18.2 Å². The number of nitro benzene ring substituents is 1. The van der Waals surface area contributed by atoms with E-state index in [-0.39, 0.29) is 22.9 Å². The lowest BCUT2D eigenvalue weighted by Crippen LogP contribution is -2.14. The zero-order valence-electron chi connectivity index (χ0n) is 15.3. The molecule has 152 valence electrons. The second-order valence-corrected chi connectivity index (χ2v) is 8.00. The second-order valence-electron chi connectivity index (χ2n) is 5.94. The molecule has 1 aromatic heterocycles. The van der Waals surface area contributed by atoms with Crippen LogP contribution in [0.4, 0.5) is 11.4 Å². The second kappa shape index (κ2) is 7.72. The van der Waals surface area contributed by atoms with Gasteiger partial charge >= 0.3 is 5.97 Å². The Morgan fingerprint density at radius 2 is 2.00 bits per heavy atom. The maximum Gasteiger partial charge on any atom is 0.342 e. The lowest BCUT2D eigenvalue weighted by atomic mass is 10.1. The molecule has 0 atom stereocenters. The average molecular weight is 439 g/mol. The summed E-state index contributed by atoms with van der Waals surface area (Å²) >= 11 is 5.93. The van der Waals surface area contributed by atoms with E-state index >= 15 is 0 Å². The summed E-state index contributed by atoms with van der Waals surface area (Å²) in [4.78, 5) is 22.0. The standard InChI is InChI=1S/C18H15ClN2O7S/c1-3-27-18(22)17-10(2)28-15-7-4-11(8-13(15)17)20-29(25,26)16-9-12(21(23)24)5-6-14(16)19/h4-9,20H,3H2,1-2H3. The molecule has 1 N–H and O–H groups in total. The number of non-ortho nitro benzene ring substituents is 1. The van der Waals surface area contributed by atoms with Crippen LogP contribution in [-0.4, -0.2) is 25.9 Å². The van der Waals surface area contributed by atoms with Crippen LogP contribution in [0, 0.1) is 17.0 Å². The molecule has 3 aromatic rings. The number of ether oxygens (including phenoxy) is 1. The first-order valence-corrected chi connectivity index (χ1v) is 10.2. The van der Waals surface area contributed by atoms with Gasteiger partial charge in [-0.15, -0.1) is 0 Å². The van der Waals surface area contributed by atoms with Crippen molar-refractivity contribution in [1.29, 1.82) is 0 Å². The Labute approximate surface area is 170 Å². The molecular weight excluding hydrogens is 424 g/mol. The molecule has 0 unspecified atom stereocenters. The van der Waals surface area contributed by atoms with Crippen molar-refractivity contribution in [2.45, 2.75) is 18.7 Å². The summed E-state index contributed by atoms with van der Waals surface area (Å²) in [6.07, 6.45) is 0. The van der Waals surface area contributed by atoms with Crippen molar-refractivity contribution in [3.05, 3.63) is 62.9 Å². The number of rotatable bonds is 6. The normalized spacial score (nSPS) is 11.4. The van der Waals surface area contributed by atoms with Gasteiger partial charge in [0.15, 0.2) is 0 Å². The Hall–Kier alpha value is -3.11. The summed E-state index contributed by atoms with van der Waals surface area (Å²) in [5.74, 6) is -0.259. The number of esters is 1. The highest BCUT2D eigenvalue weighted by Crippen LogP contribution is 2.31. The van der Waals surface area contributed by atoms with Crippen LogP contribution in [0.25, 0.3) is 11.0 Å². The predicted octanol–water partition coefficient (Wildman–Crippen LogP) is 4.28. The predicted molar refractivity (Wildman–Crippen MR) is 106 cm³/mol. The molecule has 29 heavy (non-hydrogen) atoms. The molecule has 0 saturated carbocycles. The molecule has 2 aromatic carbocycles. The first kappa shape index (κ1) is 20.6. The van der Waals surface area contributed by atoms with Gasteiger partial charge in [-0.25, -0.2) is 13.2 Å². The van der Waals surface area contributed by atoms with Crippen LogP contribution in [0.15, 0.2) is 45.7 Å². The van der Waals surface area contributed by atoms with Crippen molar-refractivity contribution in [2.75, 3.05) is 11.3 Å². The van der Waals surface area contributed by atoms with Gasteiger partial charge in [-0.1, -0.05) is 11.6 Å². The minimum atomic E-state index is -4.24. The van der Waals surface area contributed by atoms with E-state index in [1.54, 1.807) is 13.8 Å². The zero-order chi connectivity index (χ0) is 21.3. The Bertz CT molecular complexity index is 1230. The first-order chi connectivity index (χ1) is 13.6. The average Bonchev–Trinajstić information content (AvgIpc) is 2.96. The molecule has 0 fully saturated rings. The third kappa shape index (κ3) is 4.03. The highest BCUT2D eigenvalue weighted by Gasteiger charge is 2.24. The quantitative estimate of drug-likeness (QED) is 0.345. The van der Waals surface area contributed by atoms with Crippen molar-refractivity contribution >= 4 is 49.9 Å².